The summed E-state index contributed by atoms with van der Waals surface area (Å²) < 4.78 is 11.9. The lowest BCUT2D eigenvalue weighted by atomic mass is 9.45. The number of hydrogen-bond donors (Lipinski definition) is 6. The van der Waals surface area contributed by atoms with Gasteiger partial charge >= 0.3 is 11.9 Å². The maximum atomic E-state index is 13.6. The smallest absolute Gasteiger partial charge is 0.311 e. The summed E-state index contributed by atoms with van der Waals surface area (Å²) in [6, 6.07) is 0. The first-order chi connectivity index (χ1) is 28.1. The molecule has 8 aliphatic rings. The van der Waals surface area contributed by atoms with Crippen molar-refractivity contribution in [2.24, 2.45) is 57.2 Å². The third-order valence-electron chi connectivity index (χ3n) is 17.8. The lowest BCUT2D eigenvalue weighted by molar-refractivity contribution is -0.182. The van der Waals surface area contributed by atoms with Crippen LogP contribution in [-0.2, 0) is 38.2 Å². The molecule has 14 heteroatoms. The number of aliphatic hydroxyl groups is 6. The van der Waals surface area contributed by atoms with Gasteiger partial charge in [0, 0.05) is 34.8 Å². The molecule has 0 aromatic rings. The highest BCUT2D eigenvalue weighted by molar-refractivity contribution is 6.03. The molecule has 0 radical (unpaired) electrons. The van der Waals surface area contributed by atoms with Crippen molar-refractivity contribution >= 4 is 35.1 Å². The van der Waals surface area contributed by atoms with Gasteiger partial charge < -0.3 is 40.1 Å². The summed E-state index contributed by atoms with van der Waals surface area (Å²) in [6.07, 6.45) is 5.96. The normalized spacial score (nSPS) is 45.2. The number of carbonyl (C=O) groups excluding carboxylic acids is 6. The molecule has 0 amide bonds. The van der Waals surface area contributed by atoms with Gasteiger partial charge in [-0.15, -0.1) is 0 Å². The average Bonchev–Trinajstić information content (AvgIpc) is 3.62. The summed E-state index contributed by atoms with van der Waals surface area (Å²) in [5.41, 5.74) is -6.37. The van der Waals surface area contributed by atoms with Gasteiger partial charge in [-0.25, -0.2) is 0 Å². The Hall–Kier alpha value is -3.66. The van der Waals surface area contributed by atoms with Gasteiger partial charge in [-0.1, -0.05) is 25.0 Å². The van der Waals surface area contributed by atoms with Gasteiger partial charge in [0.2, 0.25) is 0 Å². The molecule has 0 spiro atoms. The summed E-state index contributed by atoms with van der Waals surface area (Å²) in [4.78, 5) is 78.9. The van der Waals surface area contributed by atoms with E-state index in [-0.39, 0.29) is 72.4 Å². The molecule has 0 bridgehead atoms. The number of ketones is 4. The summed E-state index contributed by atoms with van der Waals surface area (Å²) in [5.74, 6) is -5.51. The Morgan fingerprint density at radius 1 is 0.617 bits per heavy atom. The van der Waals surface area contributed by atoms with Crippen LogP contribution >= 0.6 is 0 Å². The third-order valence-corrected chi connectivity index (χ3v) is 17.8. The van der Waals surface area contributed by atoms with E-state index in [4.69, 9.17) is 9.47 Å². The fraction of sp³-hybridized carbons (Fsp3) is 0.696. The molecule has 6 saturated carbocycles. The number of allylic oxidation sites excluding steroid dienone is 6. The zero-order valence-corrected chi connectivity index (χ0v) is 34.8. The lowest BCUT2D eigenvalue weighted by Gasteiger charge is -2.60. The number of esters is 2. The van der Waals surface area contributed by atoms with Crippen molar-refractivity contribution in [3.05, 3.63) is 47.0 Å². The van der Waals surface area contributed by atoms with Crippen LogP contribution in [0, 0.1) is 57.2 Å². The summed E-state index contributed by atoms with van der Waals surface area (Å²) in [5, 5.41) is 66.4. The first-order valence-electron chi connectivity index (χ1n) is 21.6. The molecule has 14 nitrogen and oxygen atoms in total. The number of fused-ring (bicyclic) bond motifs is 10. The SMILES string of the molecule is C[C@@]12C(=CC(=O)C=C1OC(=O)CCC(=O)OC1=CC(=O)C=C3CC[C@@H]4[C@H]([C@@H](O)C[C@@]5(C)[C@H]4CC[C@]5(O)C(=O)CO)[C@]31C)CC[C@@H]1[C@@H]2[C@@H](O)C[C@@]2(C)[C@H]1CC[C@]2(O)C(=O)CO. The minimum Gasteiger partial charge on any atom is -0.430 e. The van der Waals surface area contributed by atoms with Crippen molar-refractivity contribution in [3.8, 4) is 0 Å². The molecule has 6 N–H and O–H groups in total. The Kier molecular flexibility index (Phi) is 10.4. The number of aliphatic hydroxyl groups excluding tert-OH is 4. The van der Waals surface area contributed by atoms with Gasteiger partial charge in [0.15, 0.2) is 23.1 Å². The molecule has 60 heavy (non-hydrogen) atoms. The lowest BCUT2D eigenvalue weighted by Crippen LogP contribution is -2.62. The van der Waals surface area contributed by atoms with Gasteiger partial charge in [-0.05, 0) is 114 Å². The van der Waals surface area contributed by atoms with Crippen molar-refractivity contribution < 1.29 is 68.9 Å². The van der Waals surface area contributed by atoms with Crippen LogP contribution in [0.5, 0.6) is 0 Å². The van der Waals surface area contributed by atoms with Crippen molar-refractivity contribution in [1.82, 2.24) is 0 Å². The average molecular weight is 835 g/mol. The second-order valence-corrected chi connectivity index (χ2v) is 20.0. The van der Waals surface area contributed by atoms with E-state index >= 15 is 0 Å². The predicted molar refractivity (Wildman–Crippen MR) is 209 cm³/mol. The van der Waals surface area contributed by atoms with Gasteiger partial charge in [-0.2, -0.15) is 0 Å². The third kappa shape index (κ3) is 5.79. The number of carbonyl (C=O) groups is 6. The fourth-order valence-corrected chi connectivity index (χ4v) is 14.8. The summed E-state index contributed by atoms with van der Waals surface area (Å²) in [7, 11) is 0. The van der Waals surface area contributed by atoms with E-state index in [0.717, 1.165) is 0 Å². The summed E-state index contributed by atoms with van der Waals surface area (Å²) in [6.45, 7) is 5.62. The maximum Gasteiger partial charge on any atom is 0.311 e. The van der Waals surface area contributed by atoms with Gasteiger partial charge in [-0.3, -0.25) is 28.8 Å². The highest BCUT2D eigenvalue weighted by atomic mass is 16.5. The number of rotatable bonds is 9. The second-order valence-electron chi connectivity index (χ2n) is 20.0. The standard InChI is InChI=1S/C46H58O14/c1-41-19-31(51)39-27(29(41)11-13-45(41,57)33(53)21-47)7-5-23-15-25(49)17-35(43(23,39)3)59-37(55)9-10-38(56)60-36-18-26(50)16-24-6-8-28-30-12-14-46(58,34(54)22-48)42(30,2)20-32(52)40(28)44(24,36)4/h15-18,27-32,39-40,47-48,51-52,57-58H,5-14,19-22H2,1-4H3/t27-,28-,29-,30-,31-,32-,39+,40+,41-,42-,43+,44+,45-,46-/m0/s1. The van der Waals surface area contributed by atoms with Crippen molar-refractivity contribution in [1.29, 1.82) is 0 Å². The Morgan fingerprint density at radius 3 is 1.33 bits per heavy atom. The van der Waals surface area contributed by atoms with Crippen LogP contribution < -0.4 is 0 Å². The molecular weight excluding hydrogens is 776 g/mol. The van der Waals surface area contributed by atoms with E-state index in [9.17, 15) is 59.4 Å². The molecule has 8 rings (SSSR count). The first kappa shape index (κ1) is 43.0. The first-order valence-corrected chi connectivity index (χ1v) is 21.6. The van der Waals surface area contributed by atoms with E-state index in [1.54, 1.807) is 13.8 Å². The van der Waals surface area contributed by atoms with E-state index in [1.807, 2.05) is 13.8 Å². The number of Topliss-reactive ketones (excluding diaryl/α,β-unsaturated/α-hetero) is 2. The van der Waals surface area contributed by atoms with Crippen LogP contribution in [0.2, 0.25) is 0 Å². The Bertz CT molecular complexity index is 1920. The maximum absolute atomic E-state index is 13.6. The van der Waals surface area contributed by atoms with Crippen molar-refractivity contribution in [2.75, 3.05) is 13.2 Å². The largest absolute Gasteiger partial charge is 0.430 e. The fourth-order valence-electron chi connectivity index (χ4n) is 14.8. The monoisotopic (exact) mass is 834 g/mol. The zero-order valence-electron chi connectivity index (χ0n) is 34.8. The van der Waals surface area contributed by atoms with E-state index < -0.39 is 106 Å². The van der Waals surface area contributed by atoms with E-state index in [2.05, 4.69) is 0 Å². The van der Waals surface area contributed by atoms with Crippen LogP contribution in [-0.4, -0.2) is 102 Å². The molecule has 326 valence electrons. The molecule has 0 aromatic carbocycles. The topological polar surface area (TPSA) is 242 Å². The molecule has 0 aromatic heterocycles. The molecular formula is C46H58O14. The van der Waals surface area contributed by atoms with Gasteiger partial charge in [0.1, 0.15) is 35.9 Å². The zero-order chi connectivity index (χ0) is 43.5. The Labute approximate surface area is 348 Å². The molecule has 6 fully saturated rings. The number of hydrogen-bond acceptors (Lipinski definition) is 14. The van der Waals surface area contributed by atoms with Gasteiger partial charge in [0.05, 0.1) is 35.9 Å². The molecule has 0 unspecified atom stereocenters. The quantitative estimate of drug-likeness (QED) is 0.183. The molecule has 0 heterocycles. The van der Waals surface area contributed by atoms with E-state index in [0.29, 0.717) is 49.7 Å². The van der Waals surface area contributed by atoms with Crippen LogP contribution in [0.1, 0.15) is 105 Å². The highest BCUT2D eigenvalue weighted by Crippen LogP contribution is 2.70. The predicted octanol–water partition coefficient (Wildman–Crippen LogP) is 2.65. The number of ether oxygens (including phenoxy) is 2. The minimum absolute atomic E-state index is 0.0503. The highest BCUT2D eigenvalue weighted by Gasteiger charge is 2.71. The molecule has 0 aliphatic heterocycles. The Morgan fingerprint density at radius 2 is 0.983 bits per heavy atom. The van der Waals surface area contributed by atoms with Crippen LogP contribution in [0.3, 0.4) is 0 Å². The van der Waals surface area contributed by atoms with Crippen LogP contribution in [0.4, 0.5) is 0 Å². The molecule has 0 saturated heterocycles. The summed E-state index contributed by atoms with van der Waals surface area (Å²) >= 11 is 0. The van der Waals surface area contributed by atoms with Gasteiger partial charge in [0.25, 0.3) is 0 Å². The van der Waals surface area contributed by atoms with Crippen LogP contribution in [0.15, 0.2) is 47.0 Å². The van der Waals surface area contributed by atoms with Crippen LogP contribution in [0.25, 0.3) is 0 Å². The molecule has 8 aliphatic carbocycles. The Balaban J connectivity index is 0.974. The van der Waals surface area contributed by atoms with Crippen molar-refractivity contribution in [3.63, 3.8) is 0 Å². The second kappa shape index (κ2) is 14.5. The van der Waals surface area contributed by atoms with E-state index in [1.165, 1.54) is 24.3 Å². The van der Waals surface area contributed by atoms with Crippen molar-refractivity contribution in [2.45, 2.75) is 128 Å². The molecule has 14 atom stereocenters. The minimum atomic E-state index is -1.80.